The Hall–Kier alpha value is -1.88. The first-order valence-electron chi connectivity index (χ1n) is 7.81. The van der Waals surface area contributed by atoms with E-state index in [0.717, 1.165) is 56.4 Å². The second-order valence-electron chi connectivity index (χ2n) is 5.72. The Morgan fingerprint density at radius 2 is 1.95 bits per heavy atom. The molecular formula is C16H20N4O. The van der Waals surface area contributed by atoms with Crippen molar-refractivity contribution in [3.05, 3.63) is 29.7 Å². The van der Waals surface area contributed by atoms with Crippen LogP contribution in [0, 0.1) is 0 Å². The van der Waals surface area contributed by atoms with Gasteiger partial charge in [0.15, 0.2) is 11.6 Å². The molecular weight excluding hydrogens is 264 g/mol. The largest absolute Gasteiger partial charge is 0.461 e. The highest BCUT2D eigenvalue weighted by Crippen LogP contribution is 2.30. The van der Waals surface area contributed by atoms with Crippen LogP contribution in [-0.2, 0) is 12.8 Å². The molecule has 21 heavy (non-hydrogen) atoms. The number of nitrogens with one attached hydrogen (secondary N) is 1. The minimum atomic E-state index is 0.731. The third kappa shape index (κ3) is 2.42. The van der Waals surface area contributed by atoms with Crippen LogP contribution in [0.3, 0.4) is 0 Å². The Balaban J connectivity index is 1.80. The Morgan fingerprint density at radius 3 is 2.76 bits per heavy atom. The summed E-state index contributed by atoms with van der Waals surface area (Å²) >= 11 is 0. The van der Waals surface area contributed by atoms with Crippen molar-refractivity contribution in [2.75, 3.05) is 31.1 Å². The number of fused-ring (bicyclic) bond motifs is 1. The average Bonchev–Trinajstić information content (AvgIpc) is 3.09. The molecule has 4 rings (SSSR count). The summed E-state index contributed by atoms with van der Waals surface area (Å²) in [6.45, 7) is 4.08. The van der Waals surface area contributed by atoms with Gasteiger partial charge in [-0.1, -0.05) is 0 Å². The van der Waals surface area contributed by atoms with E-state index in [0.29, 0.717) is 0 Å². The normalized spacial score (nSPS) is 18.6. The van der Waals surface area contributed by atoms with E-state index < -0.39 is 0 Å². The Kier molecular flexibility index (Phi) is 3.35. The number of aromatic nitrogens is 2. The molecule has 1 aliphatic carbocycles. The van der Waals surface area contributed by atoms with E-state index >= 15 is 0 Å². The molecule has 1 saturated heterocycles. The molecule has 0 radical (unpaired) electrons. The molecule has 2 aromatic rings. The molecule has 5 nitrogen and oxygen atoms in total. The Bertz CT molecular complexity index is 617. The molecule has 1 aliphatic heterocycles. The number of hydrogen-bond donors (Lipinski definition) is 1. The van der Waals surface area contributed by atoms with Crippen LogP contribution in [0.1, 0.15) is 24.1 Å². The zero-order chi connectivity index (χ0) is 14.1. The molecule has 110 valence electrons. The standard InChI is InChI=1S/C16H20N4O/c1-2-5-13-12(4-1)16(20-9-7-17-8-10-20)19-15(18-13)14-6-3-11-21-14/h3,6,11,17H,1-2,4-5,7-10H2. The fraction of sp³-hybridized carbons (Fsp3) is 0.500. The SMILES string of the molecule is c1coc(-c2nc3c(c(N4CCNCC4)n2)CCCC3)c1. The molecule has 0 unspecified atom stereocenters. The molecule has 0 atom stereocenters. The summed E-state index contributed by atoms with van der Waals surface area (Å²) in [4.78, 5) is 12.0. The van der Waals surface area contributed by atoms with Gasteiger partial charge in [0.05, 0.1) is 6.26 Å². The van der Waals surface area contributed by atoms with Crippen LogP contribution in [-0.4, -0.2) is 36.1 Å². The van der Waals surface area contributed by atoms with Crippen LogP contribution >= 0.6 is 0 Å². The van der Waals surface area contributed by atoms with Crippen molar-refractivity contribution in [2.45, 2.75) is 25.7 Å². The second kappa shape index (κ2) is 5.48. The first-order chi connectivity index (χ1) is 10.4. The van der Waals surface area contributed by atoms with Crippen LogP contribution < -0.4 is 10.2 Å². The lowest BCUT2D eigenvalue weighted by Crippen LogP contribution is -2.44. The highest BCUT2D eigenvalue weighted by molar-refractivity contribution is 5.57. The minimum absolute atomic E-state index is 0.731. The van der Waals surface area contributed by atoms with Gasteiger partial charge in [0.2, 0.25) is 0 Å². The van der Waals surface area contributed by atoms with E-state index in [1.807, 2.05) is 12.1 Å². The maximum absolute atomic E-state index is 5.50. The van der Waals surface area contributed by atoms with Crippen LogP contribution in [0.5, 0.6) is 0 Å². The lowest BCUT2D eigenvalue weighted by atomic mass is 9.96. The summed E-state index contributed by atoms with van der Waals surface area (Å²) in [5.74, 6) is 2.63. The first kappa shape index (κ1) is 12.8. The van der Waals surface area contributed by atoms with Crippen molar-refractivity contribution in [3.8, 4) is 11.6 Å². The smallest absolute Gasteiger partial charge is 0.197 e. The highest BCUT2D eigenvalue weighted by atomic mass is 16.3. The summed E-state index contributed by atoms with van der Waals surface area (Å²) in [6.07, 6.45) is 6.32. The molecule has 0 amide bonds. The van der Waals surface area contributed by atoms with Crippen molar-refractivity contribution in [2.24, 2.45) is 0 Å². The summed E-state index contributed by atoms with van der Waals surface area (Å²) in [5, 5.41) is 3.40. The summed E-state index contributed by atoms with van der Waals surface area (Å²) in [6, 6.07) is 3.83. The number of furan rings is 1. The Labute approximate surface area is 124 Å². The molecule has 0 saturated carbocycles. The van der Waals surface area contributed by atoms with Gasteiger partial charge in [0.25, 0.3) is 0 Å². The van der Waals surface area contributed by atoms with E-state index in [2.05, 4.69) is 10.2 Å². The third-order valence-electron chi connectivity index (χ3n) is 4.32. The van der Waals surface area contributed by atoms with Crippen molar-refractivity contribution in [3.63, 3.8) is 0 Å². The van der Waals surface area contributed by atoms with E-state index in [1.54, 1.807) is 6.26 Å². The van der Waals surface area contributed by atoms with Gasteiger partial charge in [0, 0.05) is 37.4 Å². The fourth-order valence-corrected chi connectivity index (χ4v) is 3.23. The zero-order valence-corrected chi connectivity index (χ0v) is 12.1. The van der Waals surface area contributed by atoms with Gasteiger partial charge in [-0.2, -0.15) is 0 Å². The van der Waals surface area contributed by atoms with Gasteiger partial charge < -0.3 is 14.6 Å². The number of piperazine rings is 1. The van der Waals surface area contributed by atoms with E-state index in [4.69, 9.17) is 14.4 Å². The average molecular weight is 284 g/mol. The van der Waals surface area contributed by atoms with Crippen molar-refractivity contribution in [1.29, 1.82) is 0 Å². The fourth-order valence-electron chi connectivity index (χ4n) is 3.23. The monoisotopic (exact) mass is 284 g/mol. The van der Waals surface area contributed by atoms with Crippen LogP contribution in [0.15, 0.2) is 22.8 Å². The predicted octanol–water partition coefficient (Wildman–Crippen LogP) is 2.02. The summed E-state index contributed by atoms with van der Waals surface area (Å²) in [7, 11) is 0. The van der Waals surface area contributed by atoms with Crippen molar-refractivity contribution >= 4 is 5.82 Å². The van der Waals surface area contributed by atoms with Gasteiger partial charge >= 0.3 is 0 Å². The molecule has 3 heterocycles. The van der Waals surface area contributed by atoms with Gasteiger partial charge in [-0.25, -0.2) is 9.97 Å². The maximum atomic E-state index is 5.50. The van der Waals surface area contributed by atoms with Crippen LogP contribution in [0.4, 0.5) is 5.82 Å². The predicted molar refractivity (Wildman–Crippen MR) is 81.5 cm³/mol. The third-order valence-corrected chi connectivity index (χ3v) is 4.32. The quantitative estimate of drug-likeness (QED) is 0.914. The maximum Gasteiger partial charge on any atom is 0.197 e. The van der Waals surface area contributed by atoms with Crippen molar-refractivity contribution < 1.29 is 4.42 Å². The molecule has 5 heteroatoms. The zero-order valence-electron chi connectivity index (χ0n) is 12.1. The summed E-state index contributed by atoms with van der Waals surface area (Å²) < 4.78 is 5.50. The van der Waals surface area contributed by atoms with Gasteiger partial charge in [-0.05, 0) is 37.8 Å². The number of nitrogens with zero attached hydrogens (tertiary/aromatic N) is 3. The van der Waals surface area contributed by atoms with Crippen molar-refractivity contribution in [1.82, 2.24) is 15.3 Å². The van der Waals surface area contributed by atoms with Gasteiger partial charge in [0.1, 0.15) is 5.82 Å². The molecule has 0 spiro atoms. The summed E-state index contributed by atoms with van der Waals surface area (Å²) in [5.41, 5.74) is 2.58. The number of rotatable bonds is 2. The molecule has 2 aliphatic rings. The number of hydrogen-bond acceptors (Lipinski definition) is 5. The lowest BCUT2D eigenvalue weighted by Gasteiger charge is -2.31. The first-order valence-corrected chi connectivity index (χ1v) is 7.81. The number of anilines is 1. The topological polar surface area (TPSA) is 54.2 Å². The molecule has 1 fully saturated rings. The lowest BCUT2D eigenvalue weighted by molar-refractivity contribution is 0.566. The number of aryl methyl sites for hydroxylation is 1. The van der Waals surface area contributed by atoms with E-state index in [-0.39, 0.29) is 0 Å². The van der Waals surface area contributed by atoms with Crippen LogP contribution in [0.25, 0.3) is 11.6 Å². The van der Waals surface area contributed by atoms with Gasteiger partial charge in [-0.15, -0.1) is 0 Å². The highest BCUT2D eigenvalue weighted by Gasteiger charge is 2.23. The van der Waals surface area contributed by atoms with E-state index in [9.17, 15) is 0 Å². The molecule has 1 N–H and O–H groups in total. The Morgan fingerprint density at radius 1 is 1.10 bits per heavy atom. The molecule has 0 aromatic carbocycles. The molecule has 2 aromatic heterocycles. The molecule has 0 bridgehead atoms. The van der Waals surface area contributed by atoms with Gasteiger partial charge in [-0.3, -0.25) is 0 Å². The second-order valence-corrected chi connectivity index (χ2v) is 5.72. The van der Waals surface area contributed by atoms with E-state index in [1.165, 1.54) is 24.1 Å². The van der Waals surface area contributed by atoms with Crippen LogP contribution in [0.2, 0.25) is 0 Å². The minimum Gasteiger partial charge on any atom is -0.461 e.